The van der Waals surface area contributed by atoms with E-state index < -0.39 is 0 Å². The topological polar surface area (TPSA) is 30.5 Å². The van der Waals surface area contributed by atoms with Gasteiger partial charge in [-0.3, -0.25) is 0 Å². The van der Waals surface area contributed by atoms with E-state index in [0.29, 0.717) is 0 Å². The summed E-state index contributed by atoms with van der Waals surface area (Å²) in [7, 11) is 3.38. The minimum absolute atomic E-state index is 0.0998. The highest BCUT2D eigenvalue weighted by molar-refractivity contribution is 5.41. The van der Waals surface area contributed by atoms with Crippen LogP contribution < -0.4 is 14.8 Å². The van der Waals surface area contributed by atoms with Crippen LogP contribution in [0.3, 0.4) is 0 Å². The molecule has 0 aliphatic carbocycles. The van der Waals surface area contributed by atoms with Gasteiger partial charge in [-0.2, -0.15) is 0 Å². The van der Waals surface area contributed by atoms with E-state index >= 15 is 0 Å². The summed E-state index contributed by atoms with van der Waals surface area (Å²) in [5.41, 5.74) is 1.35. The summed E-state index contributed by atoms with van der Waals surface area (Å²) in [6, 6.07) is 6.11. The van der Waals surface area contributed by atoms with Gasteiger partial charge in [-0.1, -0.05) is 20.8 Å². The molecule has 3 nitrogen and oxygen atoms in total. The van der Waals surface area contributed by atoms with Crippen LogP contribution in [0.1, 0.15) is 39.2 Å². The molecule has 1 N–H and O–H groups in total. The number of hydrogen-bond donors (Lipinski definition) is 1. The summed E-state index contributed by atoms with van der Waals surface area (Å²) >= 11 is 0. The van der Waals surface area contributed by atoms with Gasteiger partial charge in [0.1, 0.15) is 11.5 Å². The molecule has 19 heavy (non-hydrogen) atoms. The molecule has 108 valence electrons. The van der Waals surface area contributed by atoms with Gasteiger partial charge in [0.25, 0.3) is 0 Å². The van der Waals surface area contributed by atoms with Gasteiger partial charge in [-0.15, -0.1) is 0 Å². The van der Waals surface area contributed by atoms with Crippen molar-refractivity contribution in [3.8, 4) is 11.5 Å². The third-order valence-electron chi connectivity index (χ3n) is 3.49. The second-order valence-corrected chi connectivity index (χ2v) is 5.49. The van der Waals surface area contributed by atoms with Crippen molar-refractivity contribution in [2.75, 3.05) is 27.3 Å². The van der Waals surface area contributed by atoms with Crippen molar-refractivity contribution in [3.05, 3.63) is 23.8 Å². The van der Waals surface area contributed by atoms with E-state index in [0.717, 1.165) is 31.0 Å². The Bertz CT molecular complexity index is 366. The summed E-state index contributed by atoms with van der Waals surface area (Å²) in [5, 5.41) is 3.46. The predicted molar refractivity (Wildman–Crippen MR) is 80.3 cm³/mol. The van der Waals surface area contributed by atoms with Crippen LogP contribution in [0, 0.1) is 0 Å². The zero-order valence-corrected chi connectivity index (χ0v) is 12.9. The number of methoxy groups -OCH3 is 2. The van der Waals surface area contributed by atoms with Gasteiger partial charge >= 0.3 is 0 Å². The SMILES string of the molecule is CCCNCCC(C)(C)c1cc(OC)cc(OC)c1. The predicted octanol–water partition coefficient (Wildman–Crippen LogP) is 3.37. The highest BCUT2D eigenvalue weighted by Gasteiger charge is 2.21. The van der Waals surface area contributed by atoms with Gasteiger partial charge in [0, 0.05) is 6.07 Å². The highest BCUT2D eigenvalue weighted by Crippen LogP contribution is 2.33. The van der Waals surface area contributed by atoms with Crippen LogP contribution in [0.5, 0.6) is 11.5 Å². The van der Waals surface area contributed by atoms with E-state index in [1.165, 1.54) is 12.0 Å². The number of hydrogen-bond acceptors (Lipinski definition) is 3. The van der Waals surface area contributed by atoms with Crippen LogP contribution in [0.25, 0.3) is 0 Å². The van der Waals surface area contributed by atoms with Crippen molar-refractivity contribution in [1.29, 1.82) is 0 Å². The average Bonchev–Trinajstić information content (AvgIpc) is 2.43. The van der Waals surface area contributed by atoms with Crippen molar-refractivity contribution < 1.29 is 9.47 Å². The Morgan fingerprint density at radius 2 is 1.58 bits per heavy atom. The van der Waals surface area contributed by atoms with Crippen LogP contribution in [0.4, 0.5) is 0 Å². The van der Waals surface area contributed by atoms with E-state index in [9.17, 15) is 0 Å². The average molecular weight is 265 g/mol. The van der Waals surface area contributed by atoms with Gasteiger partial charge < -0.3 is 14.8 Å². The molecular weight excluding hydrogens is 238 g/mol. The summed E-state index contributed by atoms with van der Waals surface area (Å²) < 4.78 is 10.7. The second kappa shape index (κ2) is 7.39. The Morgan fingerprint density at radius 3 is 2.05 bits per heavy atom. The molecule has 0 atom stereocenters. The number of ether oxygens (including phenoxy) is 2. The molecule has 0 amide bonds. The molecule has 0 heterocycles. The Labute approximate surface area is 117 Å². The fourth-order valence-corrected chi connectivity index (χ4v) is 2.05. The quantitative estimate of drug-likeness (QED) is 0.731. The van der Waals surface area contributed by atoms with Gasteiger partial charge in [-0.05, 0) is 49.0 Å². The molecule has 0 bridgehead atoms. The zero-order valence-electron chi connectivity index (χ0n) is 12.9. The Balaban J connectivity index is 2.80. The fraction of sp³-hybridized carbons (Fsp3) is 0.625. The molecule has 0 aliphatic heterocycles. The van der Waals surface area contributed by atoms with E-state index in [-0.39, 0.29) is 5.41 Å². The van der Waals surface area contributed by atoms with Gasteiger partial charge in [0.2, 0.25) is 0 Å². The molecule has 0 spiro atoms. The largest absolute Gasteiger partial charge is 0.497 e. The molecule has 0 aliphatic rings. The fourth-order valence-electron chi connectivity index (χ4n) is 2.05. The molecule has 0 fully saturated rings. The molecule has 3 heteroatoms. The van der Waals surface area contributed by atoms with Gasteiger partial charge in [0.05, 0.1) is 14.2 Å². The van der Waals surface area contributed by atoms with Crippen LogP contribution in [-0.4, -0.2) is 27.3 Å². The highest BCUT2D eigenvalue weighted by atomic mass is 16.5. The molecule has 1 aromatic carbocycles. The molecule has 0 saturated carbocycles. The molecule has 1 rings (SSSR count). The lowest BCUT2D eigenvalue weighted by atomic mass is 9.81. The standard InChI is InChI=1S/C16H27NO2/c1-6-8-17-9-7-16(2,3)13-10-14(18-4)12-15(11-13)19-5/h10-12,17H,6-9H2,1-5H3. The Morgan fingerprint density at radius 1 is 1.00 bits per heavy atom. The van der Waals surface area contributed by atoms with E-state index in [1.54, 1.807) is 14.2 Å². The van der Waals surface area contributed by atoms with Crippen molar-refractivity contribution >= 4 is 0 Å². The molecule has 0 saturated heterocycles. The first-order valence-corrected chi connectivity index (χ1v) is 6.97. The summed E-state index contributed by atoms with van der Waals surface area (Å²) in [6.45, 7) is 8.81. The van der Waals surface area contributed by atoms with Crippen LogP contribution in [-0.2, 0) is 5.41 Å². The molecule has 1 aromatic rings. The minimum atomic E-state index is 0.0998. The third kappa shape index (κ3) is 4.75. The van der Waals surface area contributed by atoms with Crippen molar-refractivity contribution in [3.63, 3.8) is 0 Å². The van der Waals surface area contributed by atoms with Crippen LogP contribution in [0.2, 0.25) is 0 Å². The maximum atomic E-state index is 5.34. The first-order chi connectivity index (χ1) is 9.03. The lowest BCUT2D eigenvalue weighted by molar-refractivity contribution is 0.387. The normalized spacial score (nSPS) is 11.4. The van der Waals surface area contributed by atoms with Gasteiger partial charge in [-0.25, -0.2) is 0 Å². The maximum Gasteiger partial charge on any atom is 0.122 e. The van der Waals surface area contributed by atoms with E-state index in [4.69, 9.17) is 9.47 Å². The van der Waals surface area contributed by atoms with Crippen molar-refractivity contribution in [1.82, 2.24) is 5.32 Å². The van der Waals surface area contributed by atoms with Crippen LogP contribution >= 0.6 is 0 Å². The Hall–Kier alpha value is -1.22. The number of nitrogens with one attached hydrogen (secondary N) is 1. The summed E-state index contributed by atoms with van der Waals surface area (Å²) in [5.74, 6) is 1.70. The van der Waals surface area contributed by atoms with E-state index in [1.807, 2.05) is 6.07 Å². The maximum absolute atomic E-state index is 5.34. The number of benzene rings is 1. The second-order valence-electron chi connectivity index (χ2n) is 5.49. The first-order valence-electron chi connectivity index (χ1n) is 6.97. The lowest BCUT2D eigenvalue weighted by Gasteiger charge is -2.26. The smallest absolute Gasteiger partial charge is 0.122 e. The minimum Gasteiger partial charge on any atom is -0.497 e. The Kier molecular flexibility index (Phi) is 6.16. The molecule has 0 radical (unpaired) electrons. The third-order valence-corrected chi connectivity index (χ3v) is 3.49. The molecule has 0 aromatic heterocycles. The molecular formula is C16H27NO2. The summed E-state index contributed by atoms with van der Waals surface area (Å²) in [6.07, 6.45) is 2.26. The monoisotopic (exact) mass is 265 g/mol. The first kappa shape index (κ1) is 15.8. The number of rotatable bonds is 8. The van der Waals surface area contributed by atoms with E-state index in [2.05, 4.69) is 38.2 Å². The summed E-state index contributed by atoms with van der Waals surface area (Å²) in [4.78, 5) is 0. The van der Waals surface area contributed by atoms with Crippen molar-refractivity contribution in [2.45, 2.75) is 39.0 Å². The molecule has 0 unspecified atom stereocenters. The lowest BCUT2D eigenvalue weighted by Crippen LogP contribution is -2.26. The zero-order chi connectivity index (χ0) is 14.3. The van der Waals surface area contributed by atoms with Crippen molar-refractivity contribution in [2.24, 2.45) is 0 Å². The van der Waals surface area contributed by atoms with Crippen LogP contribution in [0.15, 0.2) is 18.2 Å². The van der Waals surface area contributed by atoms with Gasteiger partial charge in [0.15, 0.2) is 0 Å².